The van der Waals surface area contributed by atoms with Crippen molar-refractivity contribution in [2.24, 2.45) is 0 Å². The zero-order chi connectivity index (χ0) is 19.1. The van der Waals surface area contributed by atoms with Crippen LogP contribution in [-0.2, 0) is 0 Å². The SMILES string of the molecule is COc1ccc([C@H](CNC(=S)Nc2ccc(Cl)cc2)[NH+]2CCCCC2)cc1. The molecule has 1 heterocycles. The van der Waals surface area contributed by atoms with E-state index in [0.29, 0.717) is 16.2 Å². The summed E-state index contributed by atoms with van der Waals surface area (Å²) in [5.74, 6) is 0.888. The zero-order valence-corrected chi connectivity index (χ0v) is 17.2. The monoisotopic (exact) mass is 404 g/mol. The molecular weight excluding hydrogens is 378 g/mol. The van der Waals surface area contributed by atoms with Crippen LogP contribution in [-0.4, -0.2) is 31.9 Å². The van der Waals surface area contributed by atoms with Gasteiger partial charge in [0, 0.05) is 16.3 Å². The van der Waals surface area contributed by atoms with Crippen molar-refractivity contribution >= 4 is 34.6 Å². The summed E-state index contributed by atoms with van der Waals surface area (Å²) in [6.45, 7) is 3.20. The predicted octanol–water partition coefficient (Wildman–Crippen LogP) is 3.45. The van der Waals surface area contributed by atoms with Crippen molar-refractivity contribution in [1.29, 1.82) is 0 Å². The Bertz CT molecular complexity index is 730. The van der Waals surface area contributed by atoms with Crippen LogP contribution >= 0.6 is 23.8 Å². The number of rotatable bonds is 6. The van der Waals surface area contributed by atoms with Crippen molar-refractivity contribution < 1.29 is 9.64 Å². The lowest BCUT2D eigenvalue weighted by Gasteiger charge is -2.32. The van der Waals surface area contributed by atoms with Gasteiger partial charge in [-0.1, -0.05) is 11.6 Å². The largest absolute Gasteiger partial charge is 0.497 e. The number of hydrogen-bond acceptors (Lipinski definition) is 2. The zero-order valence-electron chi connectivity index (χ0n) is 15.6. The summed E-state index contributed by atoms with van der Waals surface area (Å²) >= 11 is 11.4. The van der Waals surface area contributed by atoms with Gasteiger partial charge in [-0.15, -0.1) is 0 Å². The Morgan fingerprint density at radius 1 is 1.07 bits per heavy atom. The molecule has 27 heavy (non-hydrogen) atoms. The van der Waals surface area contributed by atoms with Crippen molar-refractivity contribution in [3.05, 3.63) is 59.1 Å². The number of likely N-dealkylation sites (tertiary alicyclic amines) is 1. The summed E-state index contributed by atoms with van der Waals surface area (Å²) in [5.41, 5.74) is 2.25. The summed E-state index contributed by atoms with van der Waals surface area (Å²) in [6.07, 6.45) is 3.91. The third-order valence-corrected chi connectivity index (χ3v) is 5.57. The predicted molar refractivity (Wildman–Crippen MR) is 116 cm³/mol. The van der Waals surface area contributed by atoms with Crippen LogP contribution < -0.4 is 20.3 Å². The molecule has 144 valence electrons. The van der Waals surface area contributed by atoms with E-state index in [0.717, 1.165) is 18.0 Å². The molecule has 1 aliphatic heterocycles. The highest BCUT2D eigenvalue weighted by atomic mass is 35.5. The van der Waals surface area contributed by atoms with Crippen molar-refractivity contribution in [3.63, 3.8) is 0 Å². The van der Waals surface area contributed by atoms with Gasteiger partial charge < -0.3 is 20.3 Å². The lowest BCUT2D eigenvalue weighted by Crippen LogP contribution is -3.13. The van der Waals surface area contributed by atoms with Gasteiger partial charge in [-0.05, 0) is 80.0 Å². The van der Waals surface area contributed by atoms with Crippen LogP contribution in [0.15, 0.2) is 48.5 Å². The highest BCUT2D eigenvalue weighted by Crippen LogP contribution is 2.17. The Hall–Kier alpha value is -1.82. The number of benzene rings is 2. The molecule has 0 saturated carbocycles. The summed E-state index contributed by atoms with van der Waals surface area (Å²) < 4.78 is 5.30. The molecule has 1 atom stereocenters. The molecule has 0 amide bonds. The van der Waals surface area contributed by atoms with E-state index in [4.69, 9.17) is 28.6 Å². The summed E-state index contributed by atoms with van der Waals surface area (Å²) in [7, 11) is 1.70. The summed E-state index contributed by atoms with van der Waals surface area (Å²) in [5, 5.41) is 7.98. The average molecular weight is 405 g/mol. The van der Waals surface area contributed by atoms with Crippen LogP contribution in [0.2, 0.25) is 5.02 Å². The molecule has 1 saturated heterocycles. The molecule has 2 aromatic carbocycles. The van der Waals surface area contributed by atoms with E-state index < -0.39 is 0 Å². The van der Waals surface area contributed by atoms with Gasteiger partial charge in [-0.25, -0.2) is 0 Å². The molecule has 4 nitrogen and oxygen atoms in total. The standard InChI is InChI=1S/C21H26ClN3OS/c1-26-19-11-5-16(6-12-19)20(25-13-3-2-4-14-25)15-23-21(27)24-18-9-7-17(22)8-10-18/h5-12,20H,2-4,13-15H2,1H3,(H2,23,24,27)/p+1/t20-/m0/s1. The number of anilines is 1. The second kappa shape index (κ2) is 9.93. The summed E-state index contributed by atoms with van der Waals surface area (Å²) in [4.78, 5) is 1.62. The molecule has 1 aliphatic rings. The maximum atomic E-state index is 5.94. The van der Waals surface area contributed by atoms with Gasteiger partial charge in [0.1, 0.15) is 11.8 Å². The van der Waals surface area contributed by atoms with Crippen LogP contribution in [0.4, 0.5) is 5.69 Å². The Morgan fingerprint density at radius 3 is 2.37 bits per heavy atom. The van der Waals surface area contributed by atoms with E-state index in [1.807, 2.05) is 36.4 Å². The third-order valence-electron chi connectivity index (χ3n) is 5.08. The minimum Gasteiger partial charge on any atom is -0.497 e. The second-order valence-corrected chi connectivity index (χ2v) is 7.73. The van der Waals surface area contributed by atoms with E-state index >= 15 is 0 Å². The van der Waals surface area contributed by atoms with Gasteiger partial charge in [0.2, 0.25) is 0 Å². The Labute approximate surface area is 171 Å². The quantitative estimate of drug-likeness (QED) is 0.645. The normalized spacial score (nSPS) is 15.8. The number of halogens is 1. The fraction of sp³-hybridized carbons (Fsp3) is 0.381. The van der Waals surface area contributed by atoms with E-state index in [2.05, 4.69) is 22.8 Å². The van der Waals surface area contributed by atoms with Crippen LogP contribution in [0, 0.1) is 0 Å². The smallest absolute Gasteiger partial charge is 0.171 e. The van der Waals surface area contributed by atoms with Gasteiger partial charge in [0.05, 0.1) is 26.7 Å². The Balaban J connectivity index is 1.64. The maximum Gasteiger partial charge on any atom is 0.171 e. The number of thiocarbonyl (C=S) groups is 1. The Morgan fingerprint density at radius 2 is 1.74 bits per heavy atom. The average Bonchev–Trinajstić information content (AvgIpc) is 2.71. The van der Waals surface area contributed by atoms with Crippen molar-refractivity contribution in [2.45, 2.75) is 25.3 Å². The van der Waals surface area contributed by atoms with Gasteiger partial charge in [0.15, 0.2) is 5.11 Å². The highest BCUT2D eigenvalue weighted by Gasteiger charge is 2.26. The molecular formula is C21H27ClN3OS+. The molecule has 2 aromatic rings. The number of nitrogens with one attached hydrogen (secondary N) is 3. The third kappa shape index (κ3) is 5.83. The first kappa shape index (κ1) is 19.9. The molecule has 0 radical (unpaired) electrons. The van der Waals surface area contributed by atoms with Crippen molar-refractivity contribution in [3.8, 4) is 5.75 Å². The first-order valence-corrected chi connectivity index (χ1v) is 10.2. The molecule has 3 rings (SSSR count). The summed E-state index contributed by atoms with van der Waals surface area (Å²) in [6, 6.07) is 16.3. The number of piperidine rings is 1. The lowest BCUT2D eigenvalue weighted by molar-refractivity contribution is -0.934. The van der Waals surface area contributed by atoms with Crippen LogP contribution in [0.25, 0.3) is 0 Å². The van der Waals surface area contributed by atoms with E-state index in [-0.39, 0.29) is 0 Å². The first-order chi connectivity index (χ1) is 13.2. The Kier molecular flexibility index (Phi) is 7.33. The van der Waals surface area contributed by atoms with E-state index in [1.165, 1.54) is 37.9 Å². The van der Waals surface area contributed by atoms with Crippen molar-refractivity contribution in [2.75, 3.05) is 32.1 Å². The number of quaternary nitrogens is 1. The minimum absolute atomic E-state index is 0.362. The fourth-order valence-electron chi connectivity index (χ4n) is 3.59. The molecule has 6 heteroatoms. The van der Waals surface area contributed by atoms with Gasteiger partial charge in [-0.3, -0.25) is 0 Å². The van der Waals surface area contributed by atoms with Gasteiger partial charge >= 0.3 is 0 Å². The molecule has 0 aliphatic carbocycles. The molecule has 3 N–H and O–H groups in total. The number of ether oxygens (including phenoxy) is 1. The second-order valence-electron chi connectivity index (χ2n) is 6.89. The van der Waals surface area contributed by atoms with Crippen LogP contribution in [0.3, 0.4) is 0 Å². The van der Waals surface area contributed by atoms with E-state index in [1.54, 1.807) is 12.0 Å². The van der Waals surface area contributed by atoms with Crippen LogP contribution in [0.1, 0.15) is 30.9 Å². The number of hydrogen-bond donors (Lipinski definition) is 3. The minimum atomic E-state index is 0.362. The highest BCUT2D eigenvalue weighted by molar-refractivity contribution is 7.80. The van der Waals surface area contributed by atoms with Crippen molar-refractivity contribution in [1.82, 2.24) is 5.32 Å². The maximum absolute atomic E-state index is 5.94. The van der Waals surface area contributed by atoms with E-state index in [9.17, 15) is 0 Å². The fourth-order valence-corrected chi connectivity index (χ4v) is 3.92. The topological polar surface area (TPSA) is 37.7 Å². The molecule has 0 bridgehead atoms. The molecule has 0 spiro atoms. The molecule has 0 unspecified atom stereocenters. The molecule has 1 fully saturated rings. The van der Waals surface area contributed by atoms with Gasteiger partial charge in [-0.2, -0.15) is 0 Å². The first-order valence-electron chi connectivity index (χ1n) is 9.44. The van der Waals surface area contributed by atoms with Crippen LogP contribution in [0.5, 0.6) is 5.75 Å². The van der Waals surface area contributed by atoms with Gasteiger partial charge in [0.25, 0.3) is 0 Å². The number of methoxy groups -OCH3 is 1. The lowest BCUT2D eigenvalue weighted by atomic mass is 10.0. The molecule has 0 aromatic heterocycles.